The van der Waals surface area contributed by atoms with E-state index < -0.39 is 5.60 Å². The second-order valence-electron chi connectivity index (χ2n) is 5.76. The Labute approximate surface area is 124 Å². The Hall–Kier alpha value is -1.72. The summed E-state index contributed by atoms with van der Waals surface area (Å²) < 4.78 is 14.6. The van der Waals surface area contributed by atoms with Crippen LogP contribution in [0.3, 0.4) is 0 Å². The summed E-state index contributed by atoms with van der Waals surface area (Å²) in [6, 6.07) is 6.52. The molecule has 0 saturated carbocycles. The molecule has 1 aromatic carbocycles. The zero-order valence-electron chi connectivity index (χ0n) is 12.7. The van der Waals surface area contributed by atoms with Gasteiger partial charge in [0.15, 0.2) is 0 Å². The van der Waals surface area contributed by atoms with E-state index in [4.69, 9.17) is 0 Å². The zero-order chi connectivity index (χ0) is 15.5. The minimum absolute atomic E-state index is 0.224. The number of rotatable bonds is 6. The molecule has 0 fully saturated rings. The molecule has 0 aliphatic rings. The Bertz CT molecular complexity index is 577. The first-order chi connectivity index (χ1) is 9.88. The molecule has 2 rings (SSSR count). The van der Waals surface area contributed by atoms with Crippen molar-refractivity contribution in [1.82, 2.24) is 15.1 Å². The van der Waals surface area contributed by atoms with Crippen molar-refractivity contribution >= 4 is 0 Å². The van der Waals surface area contributed by atoms with Crippen molar-refractivity contribution in [2.45, 2.75) is 25.4 Å². The average Bonchev–Trinajstić information content (AvgIpc) is 2.87. The first-order valence-electron chi connectivity index (χ1n) is 7.06. The molecule has 1 aromatic heterocycles. The van der Waals surface area contributed by atoms with Gasteiger partial charge in [-0.1, -0.05) is 19.1 Å². The fourth-order valence-electron chi connectivity index (χ4n) is 2.24. The highest BCUT2D eigenvalue weighted by Gasteiger charge is 2.24. The van der Waals surface area contributed by atoms with Crippen molar-refractivity contribution < 1.29 is 9.50 Å². The molecule has 0 saturated heterocycles. The van der Waals surface area contributed by atoms with Gasteiger partial charge in [-0.3, -0.25) is 4.68 Å². The van der Waals surface area contributed by atoms with Crippen molar-refractivity contribution in [3.8, 4) is 0 Å². The quantitative estimate of drug-likeness (QED) is 0.857. The van der Waals surface area contributed by atoms with Crippen LogP contribution in [0.2, 0.25) is 0 Å². The molecule has 0 radical (unpaired) electrons. The van der Waals surface area contributed by atoms with E-state index in [1.807, 2.05) is 13.2 Å². The van der Waals surface area contributed by atoms with E-state index >= 15 is 0 Å². The number of aliphatic hydroxyl groups is 1. The second-order valence-corrected chi connectivity index (χ2v) is 5.76. The smallest absolute Gasteiger partial charge is 0.123 e. The van der Waals surface area contributed by atoms with Crippen molar-refractivity contribution in [3.05, 3.63) is 53.6 Å². The highest BCUT2D eigenvalue weighted by molar-refractivity contribution is 5.20. The summed E-state index contributed by atoms with van der Waals surface area (Å²) in [6.07, 6.45) is 3.48. The van der Waals surface area contributed by atoms with Gasteiger partial charge in [-0.2, -0.15) is 5.10 Å². The van der Waals surface area contributed by atoms with Gasteiger partial charge >= 0.3 is 0 Å². The summed E-state index contributed by atoms with van der Waals surface area (Å²) in [7, 11) is 1.82. The summed E-state index contributed by atoms with van der Waals surface area (Å²) >= 11 is 0. The molecule has 21 heavy (non-hydrogen) atoms. The molecule has 4 nitrogen and oxygen atoms in total. The first kappa shape index (κ1) is 15.7. The number of nitrogens with one attached hydrogen (secondary N) is 1. The van der Waals surface area contributed by atoms with Crippen LogP contribution < -0.4 is 5.32 Å². The number of hydrogen-bond acceptors (Lipinski definition) is 3. The summed E-state index contributed by atoms with van der Waals surface area (Å²) in [5.74, 6) is 0.0220. The number of aromatic nitrogens is 2. The summed E-state index contributed by atoms with van der Waals surface area (Å²) in [4.78, 5) is 0. The standard InChI is InChI=1S/C16H22FN3O/c1-12(13-4-6-15(17)7-5-13)8-18-11-16(2,21)14-9-19-20(3)10-14/h4-7,9-10,12,18,21H,8,11H2,1-3H3/t12-,16-/m0/s1. The van der Waals surface area contributed by atoms with Crippen LogP contribution in [-0.2, 0) is 12.6 Å². The molecule has 0 amide bonds. The molecule has 114 valence electrons. The molecule has 0 spiro atoms. The monoisotopic (exact) mass is 291 g/mol. The highest BCUT2D eigenvalue weighted by Crippen LogP contribution is 2.19. The molecule has 2 N–H and O–H groups in total. The number of hydrogen-bond donors (Lipinski definition) is 2. The Kier molecular flexibility index (Phi) is 4.75. The predicted octanol–water partition coefficient (Wildman–Crippen LogP) is 2.16. The lowest BCUT2D eigenvalue weighted by Gasteiger charge is -2.23. The zero-order valence-corrected chi connectivity index (χ0v) is 12.7. The van der Waals surface area contributed by atoms with Gasteiger partial charge in [-0.15, -0.1) is 0 Å². The average molecular weight is 291 g/mol. The van der Waals surface area contributed by atoms with Crippen molar-refractivity contribution in [2.75, 3.05) is 13.1 Å². The van der Waals surface area contributed by atoms with Gasteiger partial charge in [0.25, 0.3) is 0 Å². The van der Waals surface area contributed by atoms with E-state index in [9.17, 15) is 9.50 Å². The Morgan fingerprint density at radius 1 is 1.38 bits per heavy atom. The van der Waals surface area contributed by atoms with Gasteiger partial charge in [-0.25, -0.2) is 4.39 Å². The number of aryl methyl sites for hydroxylation is 1. The van der Waals surface area contributed by atoms with E-state index in [2.05, 4.69) is 17.3 Å². The molecular weight excluding hydrogens is 269 g/mol. The Morgan fingerprint density at radius 2 is 2.05 bits per heavy atom. The second kappa shape index (κ2) is 6.37. The Balaban J connectivity index is 1.87. The molecule has 5 heteroatoms. The molecule has 0 aliphatic heterocycles. The van der Waals surface area contributed by atoms with Gasteiger partial charge in [0.05, 0.1) is 6.20 Å². The molecule has 0 unspecified atom stereocenters. The molecule has 2 atom stereocenters. The van der Waals surface area contributed by atoms with E-state index in [1.54, 1.807) is 29.9 Å². The van der Waals surface area contributed by atoms with Crippen LogP contribution in [0, 0.1) is 5.82 Å². The third-order valence-electron chi connectivity index (χ3n) is 3.69. The maximum Gasteiger partial charge on any atom is 0.123 e. The van der Waals surface area contributed by atoms with Crippen LogP contribution in [0.25, 0.3) is 0 Å². The highest BCUT2D eigenvalue weighted by atomic mass is 19.1. The third-order valence-corrected chi connectivity index (χ3v) is 3.69. The van der Waals surface area contributed by atoms with Crippen molar-refractivity contribution in [3.63, 3.8) is 0 Å². The third kappa shape index (κ3) is 4.12. The molecule has 0 bridgehead atoms. The van der Waals surface area contributed by atoms with Crippen molar-refractivity contribution in [1.29, 1.82) is 0 Å². The number of nitrogens with zero attached hydrogens (tertiary/aromatic N) is 2. The van der Waals surface area contributed by atoms with E-state index in [1.165, 1.54) is 12.1 Å². The van der Waals surface area contributed by atoms with Crippen molar-refractivity contribution in [2.24, 2.45) is 7.05 Å². The number of halogens is 1. The summed E-state index contributed by atoms with van der Waals surface area (Å²) in [5.41, 5.74) is 0.897. The largest absolute Gasteiger partial charge is 0.384 e. The van der Waals surface area contributed by atoms with Crippen LogP contribution >= 0.6 is 0 Å². The lowest BCUT2D eigenvalue weighted by atomic mass is 9.98. The lowest BCUT2D eigenvalue weighted by Crippen LogP contribution is -2.36. The van der Waals surface area contributed by atoms with Crippen LogP contribution in [0.15, 0.2) is 36.7 Å². The summed E-state index contributed by atoms with van der Waals surface area (Å²) in [6.45, 7) is 4.98. The van der Waals surface area contributed by atoms with E-state index in [-0.39, 0.29) is 11.7 Å². The minimum Gasteiger partial charge on any atom is -0.384 e. The van der Waals surface area contributed by atoms with Crippen LogP contribution in [0.1, 0.15) is 30.9 Å². The van der Waals surface area contributed by atoms with Gasteiger partial charge in [-0.05, 0) is 30.5 Å². The maximum atomic E-state index is 12.9. The van der Waals surface area contributed by atoms with E-state index in [0.717, 1.165) is 11.1 Å². The fourth-order valence-corrected chi connectivity index (χ4v) is 2.24. The molecule has 2 aromatic rings. The van der Waals surface area contributed by atoms with Crippen LogP contribution in [-0.4, -0.2) is 28.0 Å². The minimum atomic E-state index is -0.962. The van der Waals surface area contributed by atoms with Gasteiger partial charge in [0.1, 0.15) is 11.4 Å². The summed E-state index contributed by atoms with van der Waals surface area (Å²) in [5, 5.41) is 17.8. The van der Waals surface area contributed by atoms with E-state index in [0.29, 0.717) is 13.1 Å². The van der Waals surface area contributed by atoms with Crippen LogP contribution in [0.5, 0.6) is 0 Å². The maximum absolute atomic E-state index is 12.9. The molecule has 0 aliphatic carbocycles. The Morgan fingerprint density at radius 3 is 2.62 bits per heavy atom. The lowest BCUT2D eigenvalue weighted by molar-refractivity contribution is 0.0568. The number of benzene rings is 1. The van der Waals surface area contributed by atoms with Gasteiger partial charge in [0.2, 0.25) is 0 Å². The fraction of sp³-hybridized carbons (Fsp3) is 0.438. The molecular formula is C16H22FN3O. The van der Waals surface area contributed by atoms with Crippen LogP contribution in [0.4, 0.5) is 4.39 Å². The first-order valence-corrected chi connectivity index (χ1v) is 7.06. The van der Waals surface area contributed by atoms with Gasteiger partial charge in [0, 0.05) is 31.9 Å². The SMILES string of the molecule is C[C@@H](CNC[C@](C)(O)c1cnn(C)c1)c1ccc(F)cc1. The van der Waals surface area contributed by atoms with Gasteiger partial charge < -0.3 is 10.4 Å². The predicted molar refractivity (Wildman–Crippen MR) is 80.5 cm³/mol. The molecule has 1 heterocycles. The normalized spacial score (nSPS) is 15.7. The topological polar surface area (TPSA) is 50.1 Å².